The lowest BCUT2D eigenvalue weighted by Crippen LogP contribution is -2.40. The Morgan fingerprint density at radius 2 is 1.92 bits per heavy atom. The number of likely N-dealkylation sites (N-methyl/N-ethyl adjacent to an activating group) is 1. The number of ether oxygens (including phenoxy) is 1. The lowest BCUT2D eigenvalue weighted by atomic mass is 9.77. The van der Waals surface area contributed by atoms with Crippen molar-refractivity contribution in [3.8, 4) is 0 Å². The van der Waals surface area contributed by atoms with Gasteiger partial charge < -0.3 is 4.74 Å². The molecule has 0 aromatic heterocycles. The second-order valence-electron chi connectivity index (χ2n) is 5.08. The van der Waals surface area contributed by atoms with Gasteiger partial charge in [-0.2, -0.15) is 0 Å². The van der Waals surface area contributed by atoms with Gasteiger partial charge in [-0.3, -0.25) is 4.90 Å². The SMILES string of the molecule is CN1COC2CC3CCCC3CC21. The summed E-state index contributed by atoms with van der Waals surface area (Å²) in [5.74, 6) is 2.04. The molecule has 2 heteroatoms. The molecule has 13 heavy (non-hydrogen) atoms. The molecule has 1 aliphatic heterocycles. The van der Waals surface area contributed by atoms with Gasteiger partial charge in [-0.1, -0.05) is 19.3 Å². The van der Waals surface area contributed by atoms with Gasteiger partial charge in [-0.05, 0) is 31.7 Å². The lowest BCUT2D eigenvalue weighted by molar-refractivity contribution is 0.0502. The summed E-state index contributed by atoms with van der Waals surface area (Å²) in [6.07, 6.45) is 7.76. The highest BCUT2D eigenvalue weighted by molar-refractivity contribution is 4.95. The zero-order chi connectivity index (χ0) is 8.84. The van der Waals surface area contributed by atoms with E-state index in [1.165, 1.54) is 32.1 Å². The smallest absolute Gasteiger partial charge is 0.0995 e. The van der Waals surface area contributed by atoms with Crippen molar-refractivity contribution in [3.63, 3.8) is 0 Å². The molecule has 2 saturated carbocycles. The molecule has 2 nitrogen and oxygen atoms in total. The molecule has 0 bridgehead atoms. The van der Waals surface area contributed by atoms with Gasteiger partial charge in [0.25, 0.3) is 0 Å². The first-order chi connectivity index (χ1) is 6.34. The van der Waals surface area contributed by atoms with Gasteiger partial charge in [0.2, 0.25) is 0 Å². The first kappa shape index (κ1) is 8.25. The predicted molar refractivity (Wildman–Crippen MR) is 51.4 cm³/mol. The Kier molecular flexibility index (Phi) is 1.88. The van der Waals surface area contributed by atoms with Crippen LogP contribution in [0.2, 0.25) is 0 Å². The van der Waals surface area contributed by atoms with Crippen LogP contribution in [0.1, 0.15) is 32.1 Å². The molecule has 0 aromatic carbocycles. The molecule has 74 valence electrons. The van der Waals surface area contributed by atoms with Crippen LogP contribution in [-0.4, -0.2) is 30.8 Å². The zero-order valence-electron chi connectivity index (χ0n) is 8.41. The van der Waals surface area contributed by atoms with Crippen LogP contribution in [0.3, 0.4) is 0 Å². The van der Waals surface area contributed by atoms with Gasteiger partial charge in [-0.25, -0.2) is 0 Å². The second-order valence-corrected chi connectivity index (χ2v) is 5.08. The average molecular weight is 181 g/mol. The third-order valence-corrected chi connectivity index (χ3v) is 4.38. The Bertz CT molecular complexity index is 206. The standard InChI is InChI=1S/C11H19NO/c1-12-7-13-11-6-9-4-2-3-8(9)5-10(11)12/h8-11H,2-7H2,1H3. The molecule has 3 aliphatic rings. The molecule has 3 fully saturated rings. The Hall–Kier alpha value is -0.0800. The van der Waals surface area contributed by atoms with Crippen LogP contribution in [0.15, 0.2) is 0 Å². The first-order valence-electron chi connectivity index (χ1n) is 5.66. The van der Waals surface area contributed by atoms with E-state index in [1.807, 2.05) is 0 Å². The normalized spacial score (nSPS) is 50.5. The van der Waals surface area contributed by atoms with Gasteiger partial charge in [0.05, 0.1) is 12.8 Å². The Labute approximate surface area is 80.2 Å². The number of nitrogens with zero attached hydrogens (tertiary/aromatic N) is 1. The maximum absolute atomic E-state index is 5.80. The number of hydrogen-bond acceptors (Lipinski definition) is 2. The molecule has 0 amide bonds. The molecular formula is C11H19NO. The van der Waals surface area contributed by atoms with Gasteiger partial charge in [0, 0.05) is 6.04 Å². The van der Waals surface area contributed by atoms with E-state index in [4.69, 9.17) is 4.74 Å². The molecule has 4 atom stereocenters. The van der Waals surface area contributed by atoms with Crippen LogP contribution < -0.4 is 0 Å². The van der Waals surface area contributed by atoms with E-state index in [0.717, 1.165) is 24.6 Å². The highest BCUT2D eigenvalue weighted by Crippen LogP contribution is 2.45. The Morgan fingerprint density at radius 3 is 2.77 bits per heavy atom. The molecule has 0 aromatic rings. The van der Waals surface area contributed by atoms with Gasteiger partial charge in [0.1, 0.15) is 0 Å². The van der Waals surface area contributed by atoms with Crippen LogP contribution in [-0.2, 0) is 4.74 Å². The van der Waals surface area contributed by atoms with Crippen LogP contribution in [0.4, 0.5) is 0 Å². The largest absolute Gasteiger partial charge is 0.361 e. The molecule has 0 N–H and O–H groups in total. The summed E-state index contributed by atoms with van der Waals surface area (Å²) in [6.45, 7) is 0.870. The summed E-state index contributed by atoms with van der Waals surface area (Å²) in [5.41, 5.74) is 0. The van der Waals surface area contributed by atoms with E-state index >= 15 is 0 Å². The van der Waals surface area contributed by atoms with Crippen molar-refractivity contribution in [2.45, 2.75) is 44.2 Å². The topological polar surface area (TPSA) is 12.5 Å². The van der Waals surface area contributed by atoms with E-state index in [0.29, 0.717) is 6.10 Å². The minimum atomic E-state index is 0.573. The van der Waals surface area contributed by atoms with Crippen molar-refractivity contribution < 1.29 is 4.74 Å². The zero-order valence-corrected chi connectivity index (χ0v) is 8.41. The van der Waals surface area contributed by atoms with Gasteiger partial charge in [0.15, 0.2) is 0 Å². The fraction of sp³-hybridized carbons (Fsp3) is 1.00. The summed E-state index contributed by atoms with van der Waals surface area (Å²) in [5, 5.41) is 0. The molecule has 4 unspecified atom stereocenters. The van der Waals surface area contributed by atoms with Crippen molar-refractivity contribution >= 4 is 0 Å². The second kappa shape index (κ2) is 2.96. The predicted octanol–water partition coefficient (Wildman–Crippen LogP) is 1.85. The highest BCUT2D eigenvalue weighted by atomic mass is 16.5. The highest BCUT2D eigenvalue weighted by Gasteiger charge is 2.44. The number of fused-ring (bicyclic) bond motifs is 2. The maximum atomic E-state index is 5.80. The minimum Gasteiger partial charge on any atom is -0.361 e. The summed E-state index contributed by atoms with van der Waals surface area (Å²) in [4.78, 5) is 2.40. The molecular weight excluding hydrogens is 162 g/mol. The summed E-state index contributed by atoms with van der Waals surface area (Å²) >= 11 is 0. The van der Waals surface area contributed by atoms with Crippen molar-refractivity contribution in [1.29, 1.82) is 0 Å². The van der Waals surface area contributed by atoms with Crippen molar-refractivity contribution in [2.24, 2.45) is 11.8 Å². The molecule has 3 rings (SSSR count). The van der Waals surface area contributed by atoms with E-state index < -0.39 is 0 Å². The molecule has 1 saturated heterocycles. The molecule has 1 heterocycles. The van der Waals surface area contributed by atoms with Crippen LogP contribution in [0.5, 0.6) is 0 Å². The van der Waals surface area contributed by atoms with E-state index in [1.54, 1.807) is 0 Å². The van der Waals surface area contributed by atoms with E-state index in [-0.39, 0.29) is 0 Å². The monoisotopic (exact) mass is 181 g/mol. The van der Waals surface area contributed by atoms with E-state index in [9.17, 15) is 0 Å². The quantitative estimate of drug-likeness (QED) is 0.565. The Balaban J connectivity index is 1.76. The summed E-state index contributed by atoms with van der Waals surface area (Å²) < 4.78 is 5.80. The minimum absolute atomic E-state index is 0.573. The fourth-order valence-electron chi connectivity index (χ4n) is 3.60. The van der Waals surface area contributed by atoms with Gasteiger partial charge in [-0.15, -0.1) is 0 Å². The molecule has 0 radical (unpaired) electrons. The van der Waals surface area contributed by atoms with Crippen molar-refractivity contribution in [2.75, 3.05) is 13.8 Å². The number of rotatable bonds is 0. The molecule has 0 spiro atoms. The maximum Gasteiger partial charge on any atom is 0.0995 e. The van der Waals surface area contributed by atoms with Crippen LogP contribution in [0.25, 0.3) is 0 Å². The average Bonchev–Trinajstić information content (AvgIpc) is 2.70. The third kappa shape index (κ3) is 1.23. The van der Waals surface area contributed by atoms with Crippen LogP contribution in [0, 0.1) is 11.8 Å². The fourth-order valence-corrected chi connectivity index (χ4v) is 3.60. The third-order valence-electron chi connectivity index (χ3n) is 4.38. The van der Waals surface area contributed by atoms with E-state index in [2.05, 4.69) is 11.9 Å². The molecule has 2 aliphatic carbocycles. The summed E-state index contributed by atoms with van der Waals surface area (Å²) in [7, 11) is 2.21. The summed E-state index contributed by atoms with van der Waals surface area (Å²) in [6, 6.07) is 0.749. The van der Waals surface area contributed by atoms with Crippen molar-refractivity contribution in [1.82, 2.24) is 4.90 Å². The first-order valence-corrected chi connectivity index (χ1v) is 5.66. The van der Waals surface area contributed by atoms with Crippen molar-refractivity contribution in [3.05, 3.63) is 0 Å². The van der Waals surface area contributed by atoms with Crippen LogP contribution >= 0.6 is 0 Å². The van der Waals surface area contributed by atoms with Gasteiger partial charge >= 0.3 is 0 Å². The lowest BCUT2D eigenvalue weighted by Gasteiger charge is -2.35. The Morgan fingerprint density at radius 1 is 1.15 bits per heavy atom. The number of hydrogen-bond donors (Lipinski definition) is 0.